The minimum atomic E-state index is -0.437. The molecule has 0 bridgehead atoms. The number of nitrogens with one attached hydrogen (secondary N) is 1. The van der Waals surface area contributed by atoms with Crippen molar-refractivity contribution in [1.29, 1.82) is 0 Å². The highest BCUT2D eigenvalue weighted by Gasteiger charge is 2.07. The summed E-state index contributed by atoms with van der Waals surface area (Å²) in [7, 11) is 0. The summed E-state index contributed by atoms with van der Waals surface area (Å²) in [6, 6.07) is 4.75. The minimum Gasteiger partial charge on any atom is -0.365 e. The Bertz CT molecular complexity index is 544. The average Bonchev–Trinajstić information content (AvgIpc) is 2.72. The molecule has 2 rings (SSSR count). The van der Waals surface area contributed by atoms with Gasteiger partial charge in [0.25, 0.3) is 5.69 Å². The molecule has 0 aliphatic heterocycles. The van der Waals surface area contributed by atoms with Crippen molar-refractivity contribution in [2.75, 3.05) is 5.32 Å². The van der Waals surface area contributed by atoms with Crippen molar-refractivity contribution in [2.45, 2.75) is 6.54 Å². The van der Waals surface area contributed by atoms with Gasteiger partial charge in [0.15, 0.2) is 0 Å². The molecule has 0 saturated heterocycles. The van der Waals surface area contributed by atoms with E-state index in [9.17, 15) is 10.1 Å². The Hall–Kier alpha value is -1.47. The van der Waals surface area contributed by atoms with Crippen LogP contribution in [0.15, 0.2) is 34.2 Å². The Morgan fingerprint density at radius 1 is 1.53 bits per heavy atom. The van der Waals surface area contributed by atoms with Crippen molar-refractivity contribution < 1.29 is 4.92 Å². The molecule has 0 aliphatic carbocycles. The first-order valence-electron chi connectivity index (χ1n) is 4.73. The number of anilines is 1. The van der Waals surface area contributed by atoms with Gasteiger partial charge >= 0.3 is 0 Å². The summed E-state index contributed by atoms with van der Waals surface area (Å²) in [4.78, 5) is 15.3. The Morgan fingerprint density at radius 3 is 3.00 bits per heavy atom. The molecular weight excluding hydrogens is 306 g/mol. The molecule has 0 radical (unpaired) electrons. The van der Waals surface area contributed by atoms with Crippen molar-refractivity contribution >= 4 is 38.8 Å². The zero-order valence-electron chi connectivity index (χ0n) is 8.59. The largest absolute Gasteiger partial charge is 0.365 e. The van der Waals surface area contributed by atoms with Gasteiger partial charge in [-0.15, -0.1) is 11.3 Å². The van der Waals surface area contributed by atoms with E-state index in [1.165, 1.54) is 18.3 Å². The molecule has 0 aromatic carbocycles. The van der Waals surface area contributed by atoms with Crippen LogP contribution in [0.25, 0.3) is 0 Å². The molecule has 5 nitrogen and oxygen atoms in total. The van der Waals surface area contributed by atoms with E-state index in [1.54, 1.807) is 11.3 Å². The molecule has 0 spiro atoms. The molecule has 2 heterocycles. The van der Waals surface area contributed by atoms with Crippen molar-refractivity contribution in [3.05, 3.63) is 49.2 Å². The van der Waals surface area contributed by atoms with Crippen LogP contribution in [0.2, 0.25) is 0 Å². The topological polar surface area (TPSA) is 68.1 Å². The lowest BCUT2D eigenvalue weighted by atomic mass is 10.4. The Morgan fingerprint density at radius 2 is 2.35 bits per heavy atom. The Kier molecular flexibility index (Phi) is 3.70. The van der Waals surface area contributed by atoms with Gasteiger partial charge in [0.05, 0.1) is 17.5 Å². The van der Waals surface area contributed by atoms with Crippen molar-refractivity contribution in [1.82, 2.24) is 4.98 Å². The van der Waals surface area contributed by atoms with Gasteiger partial charge in [-0.2, -0.15) is 0 Å². The summed E-state index contributed by atoms with van der Waals surface area (Å²) in [6.07, 6.45) is 1.42. The van der Waals surface area contributed by atoms with Gasteiger partial charge in [-0.05, 0) is 27.4 Å². The summed E-state index contributed by atoms with van der Waals surface area (Å²) >= 11 is 5.03. The molecule has 0 saturated carbocycles. The first kappa shape index (κ1) is 12.0. The summed E-state index contributed by atoms with van der Waals surface area (Å²) in [5.41, 5.74) is 0.0349. The van der Waals surface area contributed by atoms with Gasteiger partial charge < -0.3 is 5.32 Å². The number of aromatic nitrogens is 1. The van der Waals surface area contributed by atoms with E-state index in [-0.39, 0.29) is 5.69 Å². The van der Waals surface area contributed by atoms with Crippen LogP contribution in [0.1, 0.15) is 4.88 Å². The van der Waals surface area contributed by atoms with E-state index in [1.807, 2.05) is 11.4 Å². The molecule has 1 N–H and O–H groups in total. The van der Waals surface area contributed by atoms with Gasteiger partial charge in [0.1, 0.15) is 5.82 Å². The Balaban J connectivity index is 2.07. The van der Waals surface area contributed by atoms with Crippen LogP contribution in [-0.2, 0) is 6.54 Å². The third-order valence-corrected chi connectivity index (χ3v) is 4.00. The highest BCUT2D eigenvalue weighted by Crippen LogP contribution is 2.23. The van der Waals surface area contributed by atoms with Crippen molar-refractivity contribution in [2.24, 2.45) is 0 Å². The number of rotatable bonds is 4. The second-order valence-corrected chi connectivity index (χ2v) is 5.06. The normalized spacial score (nSPS) is 10.2. The summed E-state index contributed by atoms with van der Waals surface area (Å²) < 4.78 is 1.03. The molecule has 2 aromatic rings. The second-order valence-electron chi connectivity index (χ2n) is 3.20. The zero-order valence-corrected chi connectivity index (χ0v) is 11.0. The first-order valence-corrected chi connectivity index (χ1v) is 6.40. The minimum absolute atomic E-state index is 0.0349. The number of halogens is 1. The van der Waals surface area contributed by atoms with Crippen LogP contribution in [0.3, 0.4) is 0 Å². The lowest BCUT2D eigenvalue weighted by Gasteiger charge is -2.03. The van der Waals surface area contributed by atoms with E-state index >= 15 is 0 Å². The van der Waals surface area contributed by atoms with Crippen LogP contribution in [0.4, 0.5) is 11.5 Å². The number of thiophene rings is 1. The fourth-order valence-electron chi connectivity index (χ4n) is 1.25. The maximum Gasteiger partial charge on any atom is 0.274 e. The molecule has 0 unspecified atom stereocenters. The fourth-order valence-corrected chi connectivity index (χ4v) is 2.68. The smallest absolute Gasteiger partial charge is 0.274 e. The molecule has 17 heavy (non-hydrogen) atoms. The molecule has 2 aromatic heterocycles. The number of nitrogens with zero attached hydrogens (tertiary/aromatic N) is 2. The average molecular weight is 314 g/mol. The lowest BCUT2D eigenvalue weighted by Crippen LogP contribution is -2.00. The predicted octanol–water partition coefficient (Wildman–Crippen LogP) is 3.43. The van der Waals surface area contributed by atoms with Crippen LogP contribution in [0.5, 0.6) is 0 Å². The van der Waals surface area contributed by atoms with Crippen LogP contribution in [-0.4, -0.2) is 9.91 Å². The standard InChI is InChI=1S/C10H8BrN3O2S/c11-8-2-4-17-9(8)6-13-10-5-7(14(15)16)1-3-12-10/h1-5H,6H2,(H,12,13). The summed E-state index contributed by atoms with van der Waals surface area (Å²) in [5.74, 6) is 0.500. The number of pyridine rings is 1. The molecule has 7 heteroatoms. The molecule has 88 valence electrons. The summed E-state index contributed by atoms with van der Waals surface area (Å²) in [5, 5.41) is 15.6. The molecule has 0 amide bonds. The van der Waals surface area contributed by atoms with E-state index in [2.05, 4.69) is 26.2 Å². The fraction of sp³-hybridized carbons (Fsp3) is 0.100. The van der Waals surface area contributed by atoms with Crippen molar-refractivity contribution in [3.8, 4) is 0 Å². The van der Waals surface area contributed by atoms with E-state index in [4.69, 9.17) is 0 Å². The molecule has 0 fully saturated rings. The van der Waals surface area contributed by atoms with Crippen LogP contribution < -0.4 is 5.32 Å². The highest BCUT2D eigenvalue weighted by atomic mass is 79.9. The highest BCUT2D eigenvalue weighted by molar-refractivity contribution is 9.10. The quantitative estimate of drug-likeness (QED) is 0.693. The zero-order chi connectivity index (χ0) is 12.3. The third kappa shape index (κ3) is 3.01. The van der Waals surface area contributed by atoms with E-state index < -0.39 is 4.92 Å². The molecule has 0 atom stereocenters. The maximum atomic E-state index is 10.6. The third-order valence-electron chi connectivity index (χ3n) is 2.08. The number of nitro groups is 1. The van der Waals surface area contributed by atoms with Crippen LogP contribution in [0, 0.1) is 10.1 Å². The molecular formula is C10H8BrN3O2S. The second kappa shape index (κ2) is 5.24. The Labute approximate surface area is 110 Å². The van der Waals surface area contributed by atoms with Crippen molar-refractivity contribution in [3.63, 3.8) is 0 Å². The van der Waals surface area contributed by atoms with E-state index in [0.717, 1.165) is 9.35 Å². The monoisotopic (exact) mass is 313 g/mol. The maximum absolute atomic E-state index is 10.6. The number of hydrogen-bond donors (Lipinski definition) is 1. The first-order chi connectivity index (χ1) is 8.16. The molecule has 0 aliphatic rings. The van der Waals surface area contributed by atoms with Gasteiger partial charge in [-0.1, -0.05) is 0 Å². The number of hydrogen-bond acceptors (Lipinski definition) is 5. The predicted molar refractivity (Wildman–Crippen MR) is 70.2 cm³/mol. The summed E-state index contributed by atoms with van der Waals surface area (Å²) in [6.45, 7) is 0.590. The van der Waals surface area contributed by atoms with E-state index in [0.29, 0.717) is 12.4 Å². The van der Waals surface area contributed by atoms with Gasteiger partial charge in [0, 0.05) is 21.6 Å². The van der Waals surface area contributed by atoms with Gasteiger partial charge in [-0.25, -0.2) is 4.98 Å². The van der Waals surface area contributed by atoms with Gasteiger partial charge in [0.2, 0.25) is 0 Å². The van der Waals surface area contributed by atoms with Gasteiger partial charge in [-0.3, -0.25) is 10.1 Å². The lowest BCUT2D eigenvalue weighted by molar-refractivity contribution is -0.384. The SMILES string of the molecule is O=[N+]([O-])c1ccnc(NCc2sccc2Br)c1. The van der Waals surface area contributed by atoms with Crippen LogP contribution >= 0.6 is 27.3 Å².